The fourth-order valence-corrected chi connectivity index (χ4v) is 5.15. The fraction of sp³-hybridized carbons (Fsp3) is 0.269. The van der Waals surface area contributed by atoms with E-state index in [1.54, 1.807) is 36.4 Å². The van der Waals surface area contributed by atoms with Gasteiger partial charge in [0.25, 0.3) is 10.0 Å². The molecule has 0 fully saturated rings. The minimum Gasteiger partial charge on any atom is -0.493 e. The summed E-state index contributed by atoms with van der Waals surface area (Å²) in [7, 11) is -1.07. The minimum absolute atomic E-state index is 0.0844. The van der Waals surface area contributed by atoms with Crippen molar-refractivity contribution in [3.63, 3.8) is 0 Å². The van der Waals surface area contributed by atoms with E-state index in [1.165, 1.54) is 26.4 Å². The molecule has 0 saturated carbocycles. The molecule has 3 aromatic carbocycles. The summed E-state index contributed by atoms with van der Waals surface area (Å²) < 4.78 is 38.8. The Hall–Kier alpha value is -3.52. The summed E-state index contributed by atoms with van der Waals surface area (Å²) in [6.45, 7) is 3.42. The monoisotopic (exact) mass is 482 g/mol. The second kappa shape index (κ2) is 10.6. The zero-order valence-corrected chi connectivity index (χ0v) is 20.6. The lowest BCUT2D eigenvalue weighted by Crippen LogP contribution is -2.50. The zero-order valence-electron chi connectivity index (χ0n) is 19.8. The van der Waals surface area contributed by atoms with Gasteiger partial charge < -0.3 is 14.8 Å². The maximum atomic E-state index is 13.6. The van der Waals surface area contributed by atoms with Crippen LogP contribution in [-0.4, -0.2) is 40.6 Å². The van der Waals surface area contributed by atoms with Gasteiger partial charge >= 0.3 is 0 Å². The molecule has 0 saturated heterocycles. The van der Waals surface area contributed by atoms with Gasteiger partial charge in [0.1, 0.15) is 6.54 Å². The normalized spacial score (nSPS) is 11.5. The van der Waals surface area contributed by atoms with Gasteiger partial charge in [0.2, 0.25) is 5.91 Å². The van der Waals surface area contributed by atoms with Crippen LogP contribution in [0.2, 0.25) is 0 Å². The molecule has 1 amide bonds. The number of nitrogens with one attached hydrogen (secondary N) is 1. The van der Waals surface area contributed by atoms with Crippen molar-refractivity contribution in [3.05, 3.63) is 84.4 Å². The van der Waals surface area contributed by atoms with Crippen molar-refractivity contribution in [2.45, 2.75) is 30.7 Å². The number of rotatable bonds is 10. The highest BCUT2D eigenvalue weighted by molar-refractivity contribution is 7.92. The number of nitrogens with zero attached hydrogens (tertiary/aromatic N) is 1. The van der Waals surface area contributed by atoms with Crippen molar-refractivity contribution < 1.29 is 22.7 Å². The Kier molecular flexibility index (Phi) is 7.83. The topological polar surface area (TPSA) is 84.9 Å². The summed E-state index contributed by atoms with van der Waals surface area (Å²) in [6.07, 6.45) is 0.599. The number of carbonyl (C=O) groups excluding carboxylic acids is 1. The largest absolute Gasteiger partial charge is 0.493 e. The Labute approximate surface area is 201 Å². The third-order valence-electron chi connectivity index (χ3n) is 5.24. The Balaban J connectivity index is 1.92. The Morgan fingerprint density at radius 2 is 1.47 bits per heavy atom. The van der Waals surface area contributed by atoms with Crippen LogP contribution < -0.4 is 19.1 Å². The molecule has 0 radical (unpaired) electrons. The van der Waals surface area contributed by atoms with Crippen LogP contribution in [0.15, 0.2) is 83.8 Å². The first kappa shape index (κ1) is 25.1. The Morgan fingerprint density at radius 1 is 0.882 bits per heavy atom. The summed E-state index contributed by atoms with van der Waals surface area (Å²) in [5.74, 6) is 0.394. The van der Waals surface area contributed by atoms with Gasteiger partial charge in [0.05, 0.1) is 24.8 Å². The molecule has 7 nitrogen and oxygen atoms in total. The van der Waals surface area contributed by atoms with Gasteiger partial charge in [-0.25, -0.2) is 8.42 Å². The third kappa shape index (κ3) is 6.08. The lowest BCUT2D eigenvalue weighted by atomic mass is 9.95. The number of sulfonamides is 1. The molecule has 0 spiro atoms. The predicted molar refractivity (Wildman–Crippen MR) is 133 cm³/mol. The number of carbonyl (C=O) groups is 1. The number of amides is 1. The maximum absolute atomic E-state index is 13.6. The molecule has 0 aliphatic rings. The molecule has 8 heteroatoms. The van der Waals surface area contributed by atoms with Crippen molar-refractivity contribution in [3.8, 4) is 11.5 Å². The van der Waals surface area contributed by atoms with Gasteiger partial charge in [-0.3, -0.25) is 9.10 Å². The number of hydrogen-bond donors (Lipinski definition) is 1. The smallest absolute Gasteiger partial charge is 0.264 e. The van der Waals surface area contributed by atoms with Gasteiger partial charge in [0.15, 0.2) is 11.5 Å². The molecule has 0 aliphatic carbocycles. The molecule has 0 atom stereocenters. The van der Waals surface area contributed by atoms with Crippen LogP contribution in [0.3, 0.4) is 0 Å². The van der Waals surface area contributed by atoms with Crippen LogP contribution in [0.5, 0.6) is 11.5 Å². The second-order valence-electron chi connectivity index (χ2n) is 8.46. The summed E-state index contributed by atoms with van der Waals surface area (Å²) >= 11 is 0. The van der Waals surface area contributed by atoms with E-state index in [-0.39, 0.29) is 10.6 Å². The number of hydrogen-bond acceptors (Lipinski definition) is 5. The first-order chi connectivity index (χ1) is 16.2. The van der Waals surface area contributed by atoms with Crippen molar-refractivity contribution >= 4 is 21.6 Å². The summed E-state index contributed by atoms with van der Waals surface area (Å²) in [4.78, 5) is 13.2. The lowest BCUT2D eigenvalue weighted by molar-refractivity contribution is -0.121. The van der Waals surface area contributed by atoms with E-state index in [2.05, 4.69) is 5.32 Å². The molecule has 1 N–H and O–H groups in total. The standard InChI is InChI=1S/C26H30N2O5S/c1-26(2,18-20-11-7-5-8-12-20)27-25(29)19-28(34(30,31)22-13-9-6-10-14-22)21-15-16-23(32-3)24(17-21)33-4/h5-17H,18-19H2,1-4H3,(H,27,29). The quantitative estimate of drug-likeness (QED) is 0.472. The van der Waals surface area contributed by atoms with Crippen LogP contribution in [0.25, 0.3) is 0 Å². The molecular weight excluding hydrogens is 452 g/mol. The maximum Gasteiger partial charge on any atom is 0.264 e. The minimum atomic E-state index is -4.03. The SMILES string of the molecule is COc1ccc(N(CC(=O)NC(C)(C)Cc2ccccc2)S(=O)(=O)c2ccccc2)cc1OC. The third-order valence-corrected chi connectivity index (χ3v) is 7.03. The van der Waals surface area contributed by atoms with Crippen LogP contribution in [-0.2, 0) is 21.2 Å². The van der Waals surface area contributed by atoms with Crippen molar-refractivity contribution in [1.82, 2.24) is 5.32 Å². The molecule has 0 bridgehead atoms. The summed E-state index contributed by atoms with van der Waals surface area (Å²) in [5, 5.41) is 2.98. The van der Waals surface area contributed by atoms with E-state index in [1.807, 2.05) is 44.2 Å². The Bertz CT molecular complexity index is 1210. The molecule has 3 aromatic rings. The van der Waals surface area contributed by atoms with Gasteiger partial charge in [-0.1, -0.05) is 48.5 Å². The van der Waals surface area contributed by atoms with E-state index < -0.39 is 28.0 Å². The summed E-state index contributed by atoms with van der Waals surface area (Å²) in [6, 6.07) is 22.6. The van der Waals surface area contributed by atoms with E-state index in [0.717, 1.165) is 9.87 Å². The molecule has 0 heterocycles. The highest BCUT2D eigenvalue weighted by Gasteiger charge is 2.30. The molecule has 3 rings (SSSR count). The molecule has 0 aromatic heterocycles. The van der Waals surface area contributed by atoms with Gasteiger partial charge in [-0.15, -0.1) is 0 Å². The van der Waals surface area contributed by atoms with Crippen molar-refractivity contribution in [2.24, 2.45) is 0 Å². The highest BCUT2D eigenvalue weighted by atomic mass is 32.2. The van der Waals surface area contributed by atoms with Crippen LogP contribution >= 0.6 is 0 Å². The molecule has 0 aliphatic heterocycles. The zero-order chi connectivity index (χ0) is 24.8. The number of anilines is 1. The van der Waals surface area contributed by atoms with E-state index in [4.69, 9.17) is 9.47 Å². The van der Waals surface area contributed by atoms with Crippen molar-refractivity contribution in [2.75, 3.05) is 25.1 Å². The number of methoxy groups -OCH3 is 2. The molecule has 180 valence electrons. The predicted octanol–water partition coefficient (Wildman–Crippen LogP) is 4.04. The van der Waals surface area contributed by atoms with Gasteiger partial charge in [-0.2, -0.15) is 0 Å². The average molecular weight is 483 g/mol. The summed E-state index contributed by atoms with van der Waals surface area (Å²) in [5.41, 5.74) is 0.775. The van der Waals surface area contributed by atoms with E-state index in [0.29, 0.717) is 17.9 Å². The van der Waals surface area contributed by atoms with Crippen molar-refractivity contribution in [1.29, 1.82) is 0 Å². The first-order valence-corrected chi connectivity index (χ1v) is 12.2. The van der Waals surface area contributed by atoms with E-state index >= 15 is 0 Å². The molecular formula is C26H30N2O5S. The van der Waals surface area contributed by atoms with Gasteiger partial charge in [-0.05, 0) is 50.1 Å². The van der Waals surface area contributed by atoms with Gasteiger partial charge in [0, 0.05) is 11.6 Å². The van der Waals surface area contributed by atoms with Crippen LogP contribution in [0, 0.1) is 0 Å². The van der Waals surface area contributed by atoms with E-state index in [9.17, 15) is 13.2 Å². The molecule has 0 unspecified atom stereocenters. The Morgan fingerprint density at radius 3 is 2.06 bits per heavy atom. The van der Waals surface area contributed by atoms with Crippen LogP contribution in [0.1, 0.15) is 19.4 Å². The first-order valence-electron chi connectivity index (χ1n) is 10.8. The lowest BCUT2D eigenvalue weighted by Gasteiger charge is -2.29. The second-order valence-corrected chi connectivity index (χ2v) is 10.3. The number of benzene rings is 3. The van der Waals surface area contributed by atoms with Crippen LogP contribution in [0.4, 0.5) is 5.69 Å². The fourth-order valence-electron chi connectivity index (χ4n) is 3.71. The molecule has 34 heavy (non-hydrogen) atoms. The number of ether oxygens (including phenoxy) is 2. The highest BCUT2D eigenvalue weighted by Crippen LogP contribution is 2.33. The average Bonchev–Trinajstić information content (AvgIpc) is 2.82.